The molecule has 136 valence electrons. The van der Waals surface area contributed by atoms with E-state index in [9.17, 15) is 13.9 Å². The van der Waals surface area contributed by atoms with Gasteiger partial charge in [0, 0.05) is 6.54 Å². The number of benzene rings is 1. The van der Waals surface area contributed by atoms with E-state index in [0.29, 0.717) is 30.2 Å². The summed E-state index contributed by atoms with van der Waals surface area (Å²) in [5.41, 5.74) is 2.21. The molecule has 1 aromatic carbocycles. The average Bonchev–Trinajstić information content (AvgIpc) is 2.52. The van der Waals surface area contributed by atoms with E-state index in [1.54, 1.807) is 10.4 Å². The number of carbonyl (C=O) groups excluding carboxylic acids is 1. The molecule has 0 amide bonds. The maximum atomic E-state index is 12.3. The molecule has 6 heteroatoms. The molecule has 5 nitrogen and oxygen atoms in total. The largest absolute Gasteiger partial charge is 0.462 e. The van der Waals surface area contributed by atoms with Gasteiger partial charge in [0.15, 0.2) is 0 Å². The number of hydrogen-bond donors (Lipinski definition) is 2. The van der Waals surface area contributed by atoms with Gasteiger partial charge >= 0.3 is 5.97 Å². The van der Waals surface area contributed by atoms with Crippen molar-refractivity contribution in [3.63, 3.8) is 0 Å². The average molecular weight is 356 g/mol. The van der Waals surface area contributed by atoms with Gasteiger partial charge in [-0.15, -0.1) is 10.8 Å². The van der Waals surface area contributed by atoms with Crippen molar-refractivity contribution in [3.05, 3.63) is 29.3 Å². The number of carbonyl (C=O) groups is 1. The van der Waals surface area contributed by atoms with Crippen molar-refractivity contribution >= 4 is 22.4 Å². The minimum absolute atomic E-state index is 0.279. The molecule has 0 aliphatic carbocycles. The Kier molecular flexibility index (Phi) is 6.54. The molecular weight excluding hydrogens is 326 g/mol. The highest BCUT2D eigenvalue weighted by molar-refractivity contribution is 8.25. The third-order valence-electron chi connectivity index (χ3n) is 3.97. The van der Waals surface area contributed by atoms with Crippen LogP contribution in [0.1, 0.15) is 56.0 Å². The molecule has 1 aromatic rings. The van der Waals surface area contributed by atoms with Crippen LogP contribution in [0.3, 0.4) is 0 Å². The molecular formula is C18H29NO4S. The molecule has 24 heavy (non-hydrogen) atoms. The molecule has 1 aliphatic rings. The molecule has 2 rings (SSSR count). The van der Waals surface area contributed by atoms with Crippen molar-refractivity contribution in [1.29, 1.82) is 0 Å². The summed E-state index contributed by atoms with van der Waals surface area (Å²) >= 11 is 0. The van der Waals surface area contributed by atoms with Gasteiger partial charge < -0.3 is 4.74 Å². The summed E-state index contributed by atoms with van der Waals surface area (Å²) in [6, 6.07) is 5.54. The van der Waals surface area contributed by atoms with E-state index in [1.165, 1.54) is 0 Å². The first-order chi connectivity index (χ1) is 11.3. The Morgan fingerprint density at radius 3 is 2.67 bits per heavy atom. The van der Waals surface area contributed by atoms with Crippen LogP contribution in [0.4, 0.5) is 5.69 Å². The lowest BCUT2D eigenvalue weighted by Gasteiger charge is -2.47. The topological polar surface area (TPSA) is 70.0 Å². The summed E-state index contributed by atoms with van der Waals surface area (Å²) in [6.45, 7) is 7.05. The number of anilines is 1. The lowest BCUT2D eigenvalue weighted by atomic mass is 10.1. The Morgan fingerprint density at radius 1 is 1.29 bits per heavy atom. The van der Waals surface area contributed by atoms with E-state index >= 15 is 0 Å². The Hall–Kier alpha value is -1.24. The number of hydrogen-bond acceptors (Lipinski definition) is 5. The van der Waals surface area contributed by atoms with E-state index in [2.05, 4.69) is 6.92 Å². The highest BCUT2D eigenvalue weighted by Crippen LogP contribution is 2.49. The predicted molar refractivity (Wildman–Crippen MR) is 99.9 cm³/mol. The van der Waals surface area contributed by atoms with Gasteiger partial charge in [-0.05, 0) is 48.9 Å². The quantitative estimate of drug-likeness (QED) is 0.723. The molecule has 0 bridgehead atoms. The highest BCUT2D eigenvalue weighted by Gasteiger charge is 2.27. The monoisotopic (exact) mass is 355 g/mol. The Bertz CT molecular complexity index is 574. The molecule has 0 atom stereocenters. The van der Waals surface area contributed by atoms with Crippen LogP contribution in [0, 0.1) is 5.92 Å². The van der Waals surface area contributed by atoms with Crippen molar-refractivity contribution in [2.45, 2.75) is 46.5 Å². The van der Waals surface area contributed by atoms with Crippen molar-refractivity contribution in [2.75, 3.05) is 23.2 Å². The van der Waals surface area contributed by atoms with Crippen molar-refractivity contribution < 1.29 is 18.6 Å². The summed E-state index contributed by atoms with van der Waals surface area (Å²) in [5, 5.41) is 0. The molecule has 0 saturated carbocycles. The summed E-state index contributed by atoms with van der Waals surface area (Å²) in [4.78, 5) is 12.3. The second kappa shape index (κ2) is 8.23. The maximum Gasteiger partial charge on any atom is 0.338 e. The summed E-state index contributed by atoms with van der Waals surface area (Å²) in [5.74, 6) is 0.315. The van der Waals surface area contributed by atoms with E-state index in [-0.39, 0.29) is 11.9 Å². The van der Waals surface area contributed by atoms with Crippen LogP contribution in [-0.4, -0.2) is 34.0 Å². The molecule has 1 fully saturated rings. The first-order valence-electron chi connectivity index (χ1n) is 8.68. The van der Waals surface area contributed by atoms with Crippen LogP contribution in [0.5, 0.6) is 0 Å². The second-order valence-corrected chi connectivity index (χ2v) is 8.89. The molecule has 0 spiro atoms. The Balaban J connectivity index is 2.31. The fourth-order valence-electron chi connectivity index (χ4n) is 2.80. The number of rotatable bonds is 6. The van der Waals surface area contributed by atoms with E-state index in [0.717, 1.165) is 31.2 Å². The van der Waals surface area contributed by atoms with Crippen LogP contribution in [-0.2, 0) is 11.2 Å². The summed E-state index contributed by atoms with van der Waals surface area (Å²) in [6.07, 6.45) is 3.53. The lowest BCUT2D eigenvalue weighted by Crippen LogP contribution is -2.34. The number of ether oxygens (including phenoxy) is 1. The van der Waals surface area contributed by atoms with Crippen LogP contribution in [0.2, 0.25) is 0 Å². The Labute approximate surface area is 146 Å². The van der Waals surface area contributed by atoms with Gasteiger partial charge in [-0.1, -0.05) is 27.2 Å². The molecule has 1 heterocycles. The minimum Gasteiger partial charge on any atom is -0.462 e. The number of esters is 1. The maximum absolute atomic E-state index is 12.3. The van der Waals surface area contributed by atoms with Crippen LogP contribution >= 0.6 is 10.8 Å². The van der Waals surface area contributed by atoms with E-state index in [4.69, 9.17) is 4.74 Å². The zero-order valence-electron chi connectivity index (χ0n) is 14.8. The standard InChI is InChI=1S/C18H29NO4S/c1-4-7-15-10-16(18(20)23-13-14(2)3)12-17(11-15)19-8-5-6-9-24(19,21)22/h10-12,14,21-22H,4-9,13H2,1-3H3. The smallest absolute Gasteiger partial charge is 0.338 e. The third-order valence-corrected chi connectivity index (χ3v) is 5.91. The van der Waals surface area contributed by atoms with Crippen molar-refractivity contribution in [1.82, 2.24) is 0 Å². The van der Waals surface area contributed by atoms with E-state index < -0.39 is 10.8 Å². The SMILES string of the molecule is CCCc1cc(C(=O)OCC(C)C)cc(N2CCCCS2(O)O)c1. The summed E-state index contributed by atoms with van der Waals surface area (Å²) in [7, 11) is -2.80. The van der Waals surface area contributed by atoms with Gasteiger partial charge in [0.1, 0.15) is 0 Å². The fourth-order valence-corrected chi connectivity index (χ4v) is 4.48. The van der Waals surface area contributed by atoms with Gasteiger partial charge in [0.05, 0.1) is 23.6 Å². The highest BCUT2D eigenvalue weighted by atomic mass is 32.3. The Morgan fingerprint density at radius 2 is 2.04 bits per heavy atom. The van der Waals surface area contributed by atoms with Gasteiger partial charge in [-0.25, -0.2) is 4.79 Å². The van der Waals surface area contributed by atoms with Crippen molar-refractivity contribution in [2.24, 2.45) is 5.92 Å². The zero-order valence-corrected chi connectivity index (χ0v) is 15.6. The molecule has 0 unspecified atom stereocenters. The molecule has 0 radical (unpaired) electrons. The van der Waals surface area contributed by atoms with Crippen LogP contribution < -0.4 is 4.31 Å². The summed E-state index contributed by atoms with van der Waals surface area (Å²) < 4.78 is 27.7. The molecule has 2 N–H and O–H groups in total. The molecule has 1 saturated heterocycles. The third kappa shape index (κ3) is 4.88. The van der Waals surface area contributed by atoms with E-state index in [1.807, 2.05) is 26.0 Å². The van der Waals surface area contributed by atoms with Crippen LogP contribution in [0.25, 0.3) is 0 Å². The molecule has 1 aliphatic heterocycles. The number of nitrogens with zero attached hydrogens (tertiary/aromatic N) is 1. The minimum atomic E-state index is -2.80. The van der Waals surface area contributed by atoms with Crippen LogP contribution in [0.15, 0.2) is 18.2 Å². The first kappa shape index (κ1) is 19.1. The normalized spacial score (nSPS) is 18.5. The predicted octanol–water partition coefficient (Wildman–Crippen LogP) is 4.72. The van der Waals surface area contributed by atoms with Crippen molar-refractivity contribution in [3.8, 4) is 0 Å². The fraction of sp³-hybridized carbons (Fsp3) is 0.611. The van der Waals surface area contributed by atoms with Gasteiger partial charge in [-0.3, -0.25) is 13.4 Å². The van der Waals surface area contributed by atoms with Gasteiger partial charge in [0.25, 0.3) is 0 Å². The molecule has 0 aromatic heterocycles. The number of aryl methyl sites for hydroxylation is 1. The zero-order chi connectivity index (χ0) is 17.7. The second-order valence-electron chi connectivity index (χ2n) is 6.78. The van der Waals surface area contributed by atoms with Gasteiger partial charge in [0.2, 0.25) is 0 Å². The lowest BCUT2D eigenvalue weighted by molar-refractivity contribution is 0.0459. The van der Waals surface area contributed by atoms with Gasteiger partial charge in [-0.2, -0.15) is 0 Å². The first-order valence-corrected chi connectivity index (χ1v) is 10.4.